The van der Waals surface area contributed by atoms with Crippen LogP contribution in [0.2, 0.25) is 0 Å². The Bertz CT molecular complexity index is 1070. The van der Waals surface area contributed by atoms with E-state index in [1.54, 1.807) is 14.0 Å². The van der Waals surface area contributed by atoms with Crippen LogP contribution in [0, 0.1) is 0 Å². The number of alkyl halides is 3. The lowest BCUT2D eigenvalue weighted by Crippen LogP contribution is -2.14. The first kappa shape index (κ1) is 23.1. The lowest BCUT2D eigenvalue weighted by molar-refractivity contribution is -0.137. The predicted molar refractivity (Wildman–Crippen MR) is 114 cm³/mol. The molecule has 1 N–H and O–H groups in total. The van der Waals surface area contributed by atoms with Crippen molar-refractivity contribution in [2.45, 2.75) is 19.5 Å². The van der Waals surface area contributed by atoms with Gasteiger partial charge in [0.25, 0.3) is 0 Å². The summed E-state index contributed by atoms with van der Waals surface area (Å²) in [6.07, 6.45) is -2.50. The highest BCUT2D eigenvalue weighted by atomic mass is 19.4. The Balaban J connectivity index is 1.83. The summed E-state index contributed by atoms with van der Waals surface area (Å²) < 4.78 is 48.8. The quantitative estimate of drug-likeness (QED) is 0.492. The zero-order valence-electron chi connectivity index (χ0n) is 17.6. The molecule has 9 heteroatoms. The zero-order chi connectivity index (χ0) is 23.1. The molecule has 1 heterocycles. The minimum absolute atomic E-state index is 0.146. The van der Waals surface area contributed by atoms with E-state index in [2.05, 4.69) is 15.3 Å². The number of aromatic nitrogens is 2. The van der Waals surface area contributed by atoms with E-state index in [1.165, 1.54) is 18.3 Å². The lowest BCUT2D eigenvalue weighted by Gasteiger charge is -2.13. The van der Waals surface area contributed by atoms with Gasteiger partial charge in [-0.2, -0.15) is 13.2 Å². The normalized spacial score (nSPS) is 11.2. The first-order valence-electron chi connectivity index (χ1n) is 9.90. The molecule has 0 atom stereocenters. The van der Waals surface area contributed by atoms with Crippen LogP contribution in [0.15, 0.2) is 54.7 Å². The Morgan fingerprint density at radius 1 is 1.12 bits per heavy atom. The standard InChI is InChI=1S/C23H22F3N3O3/c1-3-32-22(30)19-14-28-20(16-7-9-17(10-8-16)23(24,25)26)29-21(19)27-12-11-15-5-4-6-18(13-15)31-2/h4-10,13-14H,3,11-12H2,1-2H3,(H,27,28,29). The summed E-state index contributed by atoms with van der Waals surface area (Å²) in [5.41, 5.74) is 0.796. The van der Waals surface area contributed by atoms with Gasteiger partial charge in [-0.05, 0) is 43.2 Å². The summed E-state index contributed by atoms with van der Waals surface area (Å²) >= 11 is 0. The van der Waals surface area contributed by atoms with E-state index in [9.17, 15) is 18.0 Å². The van der Waals surface area contributed by atoms with Gasteiger partial charge >= 0.3 is 12.1 Å². The second-order valence-electron chi connectivity index (χ2n) is 6.78. The molecule has 0 radical (unpaired) electrons. The van der Waals surface area contributed by atoms with Gasteiger partial charge in [-0.3, -0.25) is 0 Å². The van der Waals surface area contributed by atoms with Crippen LogP contribution in [0.4, 0.5) is 19.0 Å². The fourth-order valence-electron chi connectivity index (χ4n) is 2.98. The van der Waals surface area contributed by atoms with Gasteiger partial charge in [0.15, 0.2) is 5.82 Å². The molecule has 0 amide bonds. The number of methoxy groups -OCH3 is 1. The van der Waals surface area contributed by atoms with Crippen LogP contribution in [0.5, 0.6) is 5.75 Å². The number of anilines is 1. The molecule has 6 nitrogen and oxygen atoms in total. The number of hydrogen-bond donors (Lipinski definition) is 1. The number of nitrogens with zero attached hydrogens (tertiary/aromatic N) is 2. The molecule has 3 aromatic rings. The SMILES string of the molecule is CCOC(=O)c1cnc(-c2ccc(C(F)(F)F)cc2)nc1NCCc1cccc(OC)c1. The second kappa shape index (κ2) is 10.1. The summed E-state index contributed by atoms with van der Waals surface area (Å²) in [4.78, 5) is 20.8. The van der Waals surface area contributed by atoms with Crippen LogP contribution < -0.4 is 10.1 Å². The van der Waals surface area contributed by atoms with Crippen LogP contribution in [-0.2, 0) is 17.3 Å². The summed E-state index contributed by atoms with van der Waals surface area (Å²) in [5.74, 6) is 0.587. The van der Waals surface area contributed by atoms with E-state index in [1.807, 2.05) is 24.3 Å². The molecule has 0 aliphatic carbocycles. The van der Waals surface area contributed by atoms with Crippen LogP contribution in [-0.4, -0.2) is 36.2 Å². The first-order chi connectivity index (χ1) is 15.3. The van der Waals surface area contributed by atoms with Crippen molar-refractivity contribution in [3.05, 3.63) is 71.4 Å². The van der Waals surface area contributed by atoms with Crippen molar-refractivity contribution in [1.29, 1.82) is 0 Å². The fraction of sp³-hybridized carbons (Fsp3) is 0.261. The van der Waals surface area contributed by atoms with Gasteiger partial charge in [0.1, 0.15) is 17.1 Å². The Hall–Kier alpha value is -3.62. The summed E-state index contributed by atoms with van der Waals surface area (Å²) in [7, 11) is 1.59. The molecular formula is C23H22F3N3O3. The number of hydrogen-bond acceptors (Lipinski definition) is 6. The Kier molecular flexibility index (Phi) is 7.29. The maximum absolute atomic E-state index is 12.8. The number of carbonyl (C=O) groups excluding carboxylic acids is 1. The van der Waals surface area contributed by atoms with E-state index in [4.69, 9.17) is 9.47 Å². The largest absolute Gasteiger partial charge is 0.497 e. The van der Waals surface area contributed by atoms with E-state index < -0.39 is 17.7 Å². The lowest BCUT2D eigenvalue weighted by atomic mass is 10.1. The van der Waals surface area contributed by atoms with Gasteiger partial charge in [-0.25, -0.2) is 14.8 Å². The van der Waals surface area contributed by atoms with Crippen molar-refractivity contribution >= 4 is 11.8 Å². The molecule has 0 saturated carbocycles. The number of esters is 1. The summed E-state index contributed by atoms with van der Waals surface area (Å²) in [5, 5.41) is 3.11. The van der Waals surface area contributed by atoms with Gasteiger partial charge < -0.3 is 14.8 Å². The van der Waals surface area contributed by atoms with Gasteiger partial charge in [0, 0.05) is 18.3 Å². The molecule has 0 unspecified atom stereocenters. The van der Waals surface area contributed by atoms with Crippen LogP contribution >= 0.6 is 0 Å². The van der Waals surface area contributed by atoms with Crippen LogP contribution in [0.25, 0.3) is 11.4 Å². The molecule has 32 heavy (non-hydrogen) atoms. The Labute approximate surface area is 183 Å². The number of rotatable bonds is 8. The molecule has 168 valence electrons. The van der Waals surface area contributed by atoms with Crippen molar-refractivity contribution in [3.8, 4) is 17.1 Å². The van der Waals surface area contributed by atoms with Gasteiger partial charge in [0.05, 0.1) is 19.3 Å². The van der Waals surface area contributed by atoms with Gasteiger partial charge in [0.2, 0.25) is 0 Å². The summed E-state index contributed by atoms with van der Waals surface area (Å²) in [6, 6.07) is 12.1. The molecule has 2 aromatic carbocycles. The molecule has 0 fully saturated rings. The van der Waals surface area contributed by atoms with Gasteiger partial charge in [-0.1, -0.05) is 24.3 Å². The zero-order valence-corrected chi connectivity index (χ0v) is 17.6. The summed E-state index contributed by atoms with van der Waals surface area (Å²) in [6.45, 7) is 2.32. The van der Waals surface area contributed by atoms with Crippen molar-refractivity contribution in [1.82, 2.24) is 9.97 Å². The number of benzene rings is 2. The molecular weight excluding hydrogens is 423 g/mol. The molecule has 0 bridgehead atoms. The number of halogens is 3. The molecule has 0 aliphatic rings. The Morgan fingerprint density at radius 3 is 2.53 bits per heavy atom. The minimum Gasteiger partial charge on any atom is -0.497 e. The molecule has 0 spiro atoms. The third-order valence-electron chi connectivity index (χ3n) is 4.59. The van der Waals surface area contributed by atoms with Crippen molar-refractivity contribution in [2.75, 3.05) is 25.6 Å². The third kappa shape index (κ3) is 5.75. The second-order valence-corrected chi connectivity index (χ2v) is 6.78. The van der Waals surface area contributed by atoms with Gasteiger partial charge in [-0.15, -0.1) is 0 Å². The van der Waals surface area contributed by atoms with E-state index in [0.717, 1.165) is 23.4 Å². The average molecular weight is 445 g/mol. The molecule has 3 rings (SSSR count). The third-order valence-corrected chi connectivity index (χ3v) is 4.59. The van der Waals surface area contributed by atoms with Crippen LogP contribution in [0.3, 0.4) is 0 Å². The first-order valence-corrected chi connectivity index (χ1v) is 9.90. The number of ether oxygens (including phenoxy) is 2. The minimum atomic E-state index is -4.43. The molecule has 0 aliphatic heterocycles. The highest BCUT2D eigenvalue weighted by molar-refractivity contribution is 5.94. The van der Waals surface area contributed by atoms with Crippen molar-refractivity contribution in [2.24, 2.45) is 0 Å². The Morgan fingerprint density at radius 2 is 1.88 bits per heavy atom. The average Bonchev–Trinajstić information content (AvgIpc) is 2.79. The highest BCUT2D eigenvalue weighted by Gasteiger charge is 2.30. The fourth-order valence-corrected chi connectivity index (χ4v) is 2.98. The van der Waals surface area contributed by atoms with Crippen molar-refractivity contribution < 1.29 is 27.4 Å². The van der Waals surface area contributed by atoms with E-state index >= 15 is 0 Å². The maximum atomic E-state index is 12.8. The van der Waals surface area contributed by atoms with E-state index in [0.29, 0.717) is 18.5 Å². The molecule has 1 aromatic heterocycles. The van der Waals surface area contributed by atoms with E-state index in [-0.39, 0.29) is 23.8 Å². The smallest absolute Gasteiger partial charge is 0.416 e. The van der Waals surface area contributed by atoms with Crippen LogP contribution in [0.1, 0.15) is 28.4 Å². The topological polar surface area (TPSA) is 73.3 Å². The molecule has 0 saturated heterocycles. The monoisotopic (exact) mass is 445 g/mol. The van der Waals surface area contributed by atoms with Crippen molar-refractivity contribution in [3.63, 3.8) is 0 Å². The maximum Gasteiger partial charge on any atom is 0.416 e. The highest BCUT2D eigenvalue weighted by Crippen LogP contribution is 2.30. The number of carbonyl (C=O) groups is 1. The predicted octanol–water partition coefficient (Wildman–Crippen LogP) is 5.00. The number of nitrogens with one attached hydrogen (secondary N) is 1.